The summed E-state index contributed by atoms with van der Waals surface area (Å²) in [6.45, 7) is 3.66. The van der Waals surface area contributed by atoms with Crippen molar-refractivity contribution in [3.05, 3.63) is 72.6 Å². The number of nitrogens with two attached hydrogens (primary N) is 1. The molecule has 238 valence electrons. The van der Waals surface area contributed by atoms with Gasteiger partial charge in [0.15, 0.2) is 0 Å². The largest absolute Gasteiger partial charge is 0.340 e. The van der Waals surface area contributed by atoms with Gasteiger partial charge in [-0.15, -0.1) is 0 Å². The number of likely N-dealkylation sites (tertiary alicyclic amines) is 2. The van der Waals surface area contributed by atoms with Gasteiger partial charge in [0.2, 0.25) is 11.8 Å². The minimum atomic E-state index is -0.381. The lowest BCUT2D eigenvalue weighted by molar-refractivity contribution is -0.137. The fraction of sp³-hybridized carbons (Fsp3) is 0.459. The van der Waals surface area contributed by atoms with Crippen LogP contribution in [0, 0.1) is 17.8 Å². The first kappa shape index (κ1) is 29.2. The van der Waals surface area contributed by atoms with Crippen molar-refractivity contribution < 1.29 is 9.59 Å². The molecule has 0 radical (unpaired) electrons. The van der Waals surface area contributed by atoms with Crippen molar-refractivity contribution in [1.29, 1.82) is 0 Å². The molecule has 4 aromatic rings. The average molecular weight is 618 g/mol. The van der Waals surface area contributed by atoms with E-state index in [0.29, 0.717) is 11.8 Å². The summed E-state index contributed by atoms with van der Waals surface area (Å²) in [6, 6.07) is 16.6. The number of hydrogen-bond donors (Lipinski definition) is 3. The summed E-state index contributed by atoms with van der Waals surface area (Å²) in [5, 5.41) is 0. The Labute approximate surface area is 270 Å². The van der Waals surface area contributed by atoms with Crippen LogP contribution in [0.3, 0.4) is 0 Å². The van der Waals surface area contributed by atoms with E-state index < -0.39 is 0 Å². The molecule has 0 spiro atoms. The number of rotatable bonds is 9. The predicted octanol–water partition coefficient (Wildman–Crippen LogP) is 6.24. The lowest BCUT2D eigenvalue weighted by Gasteiger charge is -2.26. The van der Waals surface area contributed by atoms with E-state index in [9.17, 15) is 9.59 Å². The quantitative estimate of drug-likeness (QED) is 0.205. The fourth-order valence-electron chi connectivity index (χ4n) is 7.53. The second-order valence-corrected chi connectivity index (χ2v) is 13.9. The van der Waals surface area contributed by atoms with Gasteiger partial charge in [-0.05, 0) is 85.5 Å². The molecule has 9 nitrogen and oxygen atoms in total. The van der Waals surface area contributed by atoms with E-state index in [-0.39, 0.29) is 35.9 Å². The summed E-state index contributed by atoms with van der Waals surface area (Å²) >= 11 is 0. The zero-order chi connectivity index (χ0) is 31.4. The molecule has 2 saturated carbocycles. The number of carbonyl (C=O) groups excluding carboxylic acids is 2. The SMILES string of the molecule is C[C@H](C(=O)N1CCC[C@H]1c1ncc(-c2ccc(-c3ccc(-c4cnc([C@@H]5CCCN5C(=O)[C@@H](N)C5CC5)[nH]4)cc3)cc2)[nH]1)C1CC1. The van der Waals surface area contributed by atoms with Crippen LogP contribution in [0.5, 0.6) is 0 Å². The number of hydrogen-bond acceptors (Lipinski definition) is 5. The number of H-pyrrole nitrogens is 2. The van der Waals surface area contributed by atoms with Crippen LogP contribution in [0.15, 0.2) is 60.9 Å². The van der Waals surface area contributed by atoms with E-state index in [1.54, 1.807) is 0 Å². The highest BCUT2D eigenvalue weighted by molar-refractivity contribution is 5.83. The first-order chi connectivity index (χ1) is 22.4. The molecule has 9 heteroatoms. The second kappa shape index (κ2) is 11.8. The lowest BCUT2D eigenvalue weighted by atomic mass is 10.0. The molecule has 4 fully saturated rings. The average Bonchev–Trinajstić information content (AvgIpc) is 3.83. The van der Waals surface area contributed by atoms with Crippen molar-refractivity contribution in [2.75, 3.05) is 13.1 Å². The Morgan fingerprint density at radius 1 is 0.674 bits per heavy atom. The summed E-state index contributed by atoms with van der Waals surface area (Å²) in [5.74, 6) is 3.11. The minimum absolute atomic E-state index is 0.0367. The van der Waals surface area contributed by atoms with Crippen LogP contribution in [0.25, 0.3) is 33.6 Å². The van der Waals surface area contributed by atoms with Gasteiger partial charge in [0.25, 0.3) is 0 Å². The fourth-order valence-corrected chi connectivity index (χ4v) is 7.53. The minimum Gasteiger partial charge on any atom is -0.340 e. The van der Waals surface area contributed by atoms with E-state index in [1.165, 1.54) is 12.8 Å². The van der Waals surface area contributed by atoms with E-state index in [1.807, 2.05) is 17.3 Å². The Morgan fingerprint density at radius 2 is 1.11 bits per heavy atom. The molecule has 2 aliphatic heterocycles. The number of aromatic amines is 2. The Bertz CT molecular complexity index is 1590. The maximum absolute atomic E-state index is 13.2. The van der Waals surface area contributed by atoms with Crippen molar-refractivity contribution in [3.63, 3.8) is 0 Å². The van der Waals surface area contributed by atoms with E-state index >= 15 is 0 Å². The number of aromatic nitrogens is 4. The molecule has 2 amide bonds. The molecule has 2 aromatic heterocycles. The Kier molecular flexibility index (Phi) is 7.51. The van der Waals surface area contributed by atoms with Gasteiger partial charge in [0.1, 0.15) is 11.6 Å². The predicted molar refractivity (Wildman–Crippen MR) is 177 cm³/mol. The lowest BCUT2D eigenvalue weighted by Crippen LogP contribution is -2.44. The van der Waals surface area contributed by atoms with Crippen molar-refractivity contribution in [2.45, 2.75) is 76.4 Å². The zero-order valence-electron chi connectivity index (χ0n) is 26.5. The van der Waals surface area contributed by atoms with Crippen LogP contribution >= 0.6 is 0 Å². The Morgan fingerprint density at radius 3 is 1.57 bits per heavy atom. The first-order valence-electron chi connectivity index (χ1n) is 17.1. The van der Waals surface area contributed by atoms with E-state index in [4.69, 9.17) is 10.7 Å². The van der Waals surface area contributed by atoms with Gasteiger partial charge in [0.05, 0.1) is 41.9 Å². The highest BCUT2D eigenvalue weighted by atomic mass is 16.2. The van der Waals surface area contributed by atoms with Crippen molar-refractivity contribution in [3.8, 4) is 33.6 Å². The third-order valence-electron chi connectivity index (χ3n) is 10.8. The van der Waals surface area contributed by atoms with Crippen molar-refractivity contribution >= 4 is 11.8 Å². The molecular weight excluding hydrogens is 574 g/mol. The zero-order valence-corrected chi connectivity index (χ0v) is 26.5. The van der Waals surface area contributed by atoms with Crippen LogP contribution in [-0.2, 0) is 9.59 Å². The van der Waals surface area contributed by atoms with Crippen LogP contribution in [0.1, 0.15) is 82.0 Å². The molecular formula is C37H43N7O2. The third-order valence-corrected chi connectivity index (χ3v) is 10.8. The maximum Gasteiger partial charge on any atom is 0.240 e. The Balaban J connectivity index is 0.927. The molecule has 2 aromatic carbocycles. The smallest absolute Gasteiger partial charge is 0.240 e. The van der Waals surface area contributed by atoms with Gasteiger partial charge in [-0.1, -0.05) is 55.5 Å². The van der Waals surface area contributed by atoms with Crippen molar-refractivity contribution in [2.24, 2.45) is 23.5 Å². The summed E-state index contributed by atoms with van der Waals surface area (Å²) < 4.78 is 0. The van der Waals surface area contributed by atoms with Gasteiger partial charge in [-0.3, -0.25) is 9.59 Å². The molecule has 2 aliphatic carbocycles. The van der Waals surface area contributed by atoms with Gasteiger partial charge in [-0.25, -0.2) is 9.97 Å². The van der Waals surface area contributed by atoms with Gasteiger partial charge in [-0.2, -0.15) is 0 Å². The maximum atomic E-state index is 13.2. The van der Waals surface area contributed by atoms with Crippen LogP contribution in [0.4, 0.5) is 0 Å². The van der Waals surface area contributed by atoms with Gasteiger partial charge in [0, 0.05) is 19.0 Å². The van der Waals surface area contributed by atoms with Gasteiger partial charge < -0.3 is 25.5 Å². The molecule has 2 saturated heterocycles. The molecule has 46 heavy (non-hydrogen) atoms. The number of carbonyl (C=O) groups is 2. The molecule has 0 bridgehead atoms. The summed E-state index contributed by atoms with van der Waals surface area (Å²) in [7, 11) is 0. The second-order valence-electron chi connectivity index (χ2n) is 13.9. The van der Waals surface area contributed by atoms with Crippen molar-refractivity contribution in [1.82, 2.24) is 29.7 Å². The number of nitrogens with one attached hydrogen (secondary N) is 2. The number of benzene rings is 2. The molecule has 4 N–H and O–H groups in total. The van der Waals surface area contributed by atoms with E-state index in [2.05, 4.69) is 75.3 Å². The summed E-state index contributed by atoms with van der Waals surface area (Å²) in [5.41, 5.74) is 12.6. The number of imidazole rings is 2. The third kappa shape index (κ3) is 5.55. The normalized spacial score (nSPS) is 22.7. The first-order valence-corrected chi connectivity index (χ1v) is 17.1. The Hall–Kier alpha value is -4.24. The topological polar surface area (TPSA) is 124 Å². The molecule has 4 heterocycles. The number of nitrogens with zero attached hydrogens (tertiary/aromatic N) is 4. The molecule has 4 aliphatic rings. The summed E-state index contributed by atoms with van der Waals surface area (Å²) in [6.07, 6.45) is 12.1. The number of amides is 2. The van der Waals surface area contributed by atoms with Crippen LogP contribution in [-0.4, -0.2) is 60.7 Å². The highest BCUT2D eigenvalue weighted by Gasteiger charge is 2.41. The van der Waals surface area contributed by atoms with Crippen LogP contribution < -0.4 is 5.73 Å². The van der Waals surface area contributed by atoms with Crippen LogP contribution in [0.2, 0.25) is 0 Å². The van der Waals surface area contributed by atoms with E-state index in [0.717, 1.165) is 96.9 Å². The summed E-state index contributed by atoms with van der Waals surface area (Å²) in [4.78, 5) is 46.6. The van der Waals surface area contributed by atoms with Gasteiger partial charge >= 0.3 is 0 Å². The molecule has 8 rings (SSSR count). The molecule has 4 atom stereocenters. The standard InChI is InChI=1S/C37H43N7O2/c1-22(23-6-7-23)36(45)43-18-2-4-31(43)34-39-20-29(41-34)26-12-8-24(9-13-26)25-10-14-27(15-11-25)30-21-40-35(42-30)32-5-3-19-44(32)37(46)33(38)28-16-17-28/h8-15,20-23,28,31-33H,2-7,16-19,38H2,1H3,(H,39,41)(H,40,42)/t22-,31-,32-,33-/m0/s1. The monoisotopic (exact) mass is 617 g/mol. The molecule has 0 unspecified atom stereocenters. The highest BCUT2D eigenvalue weighted by Crippen LogP contribution is 2.41.